The summed E-state index contributed by atoms with van der Waals surface area (Å²) in [5.41, 5.74) is 0. The van der Waals surface area contributed by atoms with Crippen molar-refractivity contribution in [2.45, 2.75) is 406 Å². The molecule has 17 nitrogen and oxygen atoms in total. The number of hydrogen-bond acceptors (Lipinski definition) is 15. The summed E-state index contributed by atoms with van der Waals surface area (Å²) in [5.74, 6) is -1.38. The quantitative estimate of drug-likeness (QED) is 0.0169. The number of aliphatic hydroxyl groups is 1. The topological polar surface area (TPSA) is 237 Å². The van der Waals surface area contributed by atoms with Crippen molar-refractivity contribution in [1.29, 1.82) is 0 Å². The molecule has 0 rings (SSSR count). The number of allylic oxidation sites excluding steroid dienone is 4. The number of hydrogen-bond donors (Lipinski definition) is 3. The Kier molecular flexibility index (Phi) is 68.8. The van der Waals surface area contributed by atoms with Gasteiger partial charge in [-0.05, 0) is 57.3 Å². The SMILES string of the molecule is CCCCCC/C=C\C=C/CCCCCCCC(=O)OC[C@H](COP(=O)(O)OC[C@@H](O)COP(=O)(O)OC[C@@H](COC(=O)CCCCCCCCC)OC(=O)CCCCCCCCCCCCCC(C)C)OC(=O)CCCCCCCCCCCCCCCCCCCCCCC. The van der Waals surface area contributed by atoms with Crippen LogP contribution in [-0.4, -0.2) is 96.7 Å². The summed E-state index contributed by atoms with van der Waals surface area (Å²) in [4.78, 5) is 72.7. The average molecular weight is 1420 g/mol. The molecule has 0 aromatic heterocycles. The van der Waals surface area contributed by atoms with Crippen LogP contribution in [0.25, 0.3) is 0 Å². The van der Waals surface area contributed by atoms with Crippen LogP contribution in [-0.2, 0) is 65.4 Å². The van der Waals surface area contributed by atoms with Gasteiger partial charge in [-0.2, -0.15) is 0 Å². The molecular weight excluding hydrogens is 1270 g/mol. The van der Waals surface area contributed by atoms with Gasteiger partial charge in [0.05, 0.1) is 26.4 Å². The number of ether oxygens (including phenoxy) is 4. The number of aliphatic hydroxyl groups excluding tert-OH is 1. The second-order valence-electron chi connectivity index (χ2n) is 27.9. The Bertz CT molecular complexity index is 1950. The van der Waals surface area contributed by atoms with Crippen LogP contribution in [0.5, 0.6) is 0 Å². The second kappa shape index (κ2) is 70.6. The van der Waals surface area contributed by atoms with Crippen molar-refractivity contribution >= 4 is 39.5 Å². The third-order valence-electron chi connectivity index (χ3n) is 17.7. The second-order valence-corrected chi connectivity index (χ2v) is 30.8. The molecule has 0 radical (unpaired) electrons. The van der Waals surface area contributed by atoms with Crippen molar-refractivity contribution in [3.63, 3.8) is 0 Å². The molecule has 0 aliphatic carbocycles. The Morgan fingerprint density at radius 2 is 0.557 bits per heavy atom. The van der Waals surface area contributed by atoms with Gasteiger partial charge in [-0.3, -0.25) is 37.3 Å². The number of phosphoric ester groups is 2. The Hall–Kier alpha value is -2.46. The number of carbonyl (C=O) groups is 4. The summed E-state index contributed by atoms with van der Waals surface area (Å²) in [7, 11) is -9.92. The van der Waals surface area contributed by atoms with Crippen LogP contribution >= 0.6 is 15.6 Å². The van der Waals surface area contributed by atoms with E-state index in [-0.39, 0.29) is 25.7 Å². The van der Waals surface area contributed by atoms with E-state index in [2.05, 4.69) is 58.9 Å². The maximum Gasteiger partial charge on any atom is 0.472 e. The van der Waals surface area contributed by atoms with E-state index in [9.17, 15) is 43.2 Å². The minimum atomic E-state index is -4.96. The molecule has 0 saturated carbocycles. The van der Waals surface area contributed by atoms with Crippen LogP contribution in [0.4, 0.5) is 0 Å². The first-order chi connectivity index (χ1) is 47.0. The third kappa shape index (κ3) is 71.7. The zero-order valence-electron chi connectivity index (χ0n) is 62.7. The molecule has 0 aromatic carbocycles. The fraction of sp³-hybridized carbons (Fsp3) is 0.897. The maximum absolute atomic E-state index is 13.1. The normalized spacial score (nSPS) is 14.1. The molecule has 0 spiro atoms. The molecule has 3 N–H and O–H groups in total. The van der Waals surface area contributed by atoms with Crippen LogP contribution in [0.2, 0.25) is 0 Å². The molecule has 0 saturated heterocycles. The number of carbonyl (C=O) groups excluding carboxylic acids is 4. The van der Waals surface area contributed by atoms with E-state index >= 15 is 0 Å². The molecule has 0 aliphatic heterocycles. The van der Waals surface area contributed by atoms with Gasteiger partial charge in [-0.25, -0.2) is 9.13 Å². The monoisotopic (exact) mass is 1420 g/mol. The highest BCUT2D eigenvalue weighted by atomic mass is 31.2. The Balaban J connectivity index is 5.20. The molecule has 0 bridgehead atoms. The van der Waals surface area contributed by atoms with Gasteiger partial charge in [0.15, 0.2) is 12.2 Å². The number of phosphoric acid groups is 2. The predicted octanol–water partition coefficient (Wildman–Crippen LogP) is 22.8. The number of rotatable bonds is 76. The van der Waals surface area contributed by atoms with Crippen molar-refractivity contribution in [1.82, 2.24) is 0 Å². The highest BCUT2D eigenvalue weighted by Gasteiger charge is 2.30. The summed E-state index contributed by atoms with van der Waals surface area (Å²) >= 11 is 0. The van der Waals surface area contributed by atoms with Crippen molar-refractivity contribution in [2.24, 2.45) is 5.92 Å². The highest BCUT2D eigenvalue weighted by molar-refractivity contribution is 7.47. The molecule has 19 heteroatoms. The number of unbranched alkanes of at least 4 members (excludes halogenated alkanes) is 45. The van der Waals surface area contributed by atoms with Gasteiger partial charge in [0, 0.05) is 25.7 Å². The van der Waals surface area contributed by atoms with E-state index in [1.165, 1.54) is 180 Å². The first-order valence-electron chi connectivity index (χ1n) is 40.0. The van der Waals surface area contributed by atoms with Crippen molar-refractivity contribution < 1.29 is 80.2 Å². The van der Waals surface area contributed by atoms with Gasteiger partial charge in [0.1, 0.15) is 19.3 Å². The lowest BCUT2D eigenvalue weighted by atomic mass is 10.0. The fourth-order valence-electron chi connectivity index (χ4n) is 11.5. The Morgan fingerprint density at radius 1 is 0.320 bits per heavy atom. The molecule has 0 aromatic rings. The van der Waals surface area contributed by atoms with E-state index in [0.29, 0.717) is 25.7 Å². The van der Waals surface area contributed by atoms with E-state index in [1.54, 1.807) is 0 Å². The molecule has 97 heavy (non-hydrogen) atoms. The van der Waals surface area contributed by atoms with Crippen molar-refractivity contribution in [2.75, 3.05) is 39.6 Å². The highest BCUT2D eigenvalue weighted by Crippen LogP contribution is 2.45. The van der Waals surface area contributed by atoms with Gasteiger partial charge in [-0.15, -0.1) is 0 Å². The van der Waals surface area contributed by atoms with Crippen LogP contribution < -0.4 is 0 Å². The molecule has 572 valence electrons. The zero-order valence-corrected chi connectivity index (χ0v) is 64.5. The molecule has 0 heterocycles. The van der Waals surface area contributed by atoms with Gasteiger partial charge in [-0.1, -0.05) is 335 Å². The van der Waals surface area contributed by atoms with E-state index in [1.807, 2.05) is 0 Å². The molecular formula is C78H148O17P2. The van der Waals surface area contributed by atoms with Gasteiger partial charge in [0.25, 0.3) is 0 Å². The molecule has 2 unspecified atom stereocenters. The largest absolute Gasteiger partial charge is 0.472 e. The van der Waals surface area contributed by atoms with Gasteiger partial charge < -0.3 is 33.8 Å². The van der Waals surface area contributed by atoms with E-state index in [0.717, 1.165) is 128 Å². The van der Waals surface area contributed by atoms with Crippen molar-refractivity contribution in [3.05, 3.63) is 24.3 Å². The summed E-state index contributed by atoms with van der Waals surface area (Å²) in [6, 6.07) is 0. The third-order valence-corrected chi connectivity index (χ3v) is 19.6. The maximum atomic E-state index is 13.1. The molecule has 0 fully saturated rings. The number of esters is 4. The van der Waals surface area contributed by atoms with Crippen molar-refractivity contribution in [3.8, 4) is 0 Å². The molecule has 5 atom stereocenters. The average Bonchev–Trinajstić information content (AvgIpc) is 1.28. The standard InChI is InChI=1S/C78H148O17P2/c1-6-9-12-15-18-20-22-24-26-27-28-29-30-31-33-35-39-43-48-53-58-63-77(82)95-74(68-89-76(81)62-57-52-47-42-38-34-32-25-23-21-19-16-13-10-7-2)70-93-97(86,87)91-66-72(79)65-90-96(84,85)92-69-73(67-88-75(80)61-56-51-45-17-14-11-8-3)94-78(83)64-59-54-49-44-40-36-37-41-46-50-55-60-71(4)5/h21,23,25,32,71-74,79H,6-20,22,24,26-31,33-70H2,1-5H3,(H,84,85)(H,86,87)/b23-21-,32-25-/t72-,73+,74+/m0/s1. The Morgan fingerprint density at radius 3 is 0.845 bits per heavy atom. The lowest BCUT2D eigenvalue weighted by Gasteiger charge is -2.21. The van der Waals surface area contributed by atoms with E-state index < -0.39 is 97.5 Å². The van der Waals surface area contributed by atoms with Crippen LogP contribution in [0.15, 0.2) is 24.3 Å². The lowest BCUT2D eigenvalue weighted by Crippen LogP contribution is -2.30. The smallest absolute Gasteiger partial charge is 0.462 e. The van der Waals surface area contributed by atoms with Crippen LogP contribution in [0.1, 0.15) is 388 Å². The molecule has 0 aliphatic rings. The van der Waals surface area contributed by atoms with Gasteiger partial charge >= 0.3 is 39.5 Å². The summed E-state index contributed by atoms with van der Waals surface area (Å²) in [6.45, 7) is 7.19. The molecule has 0 amide bonds. The van der Waals surface area contributed by atoms with Crippen LogP contribution in [0, 0.1) is 5.92 Å². The zero-order chi connectivity index (χ0) is 71.2. The first-order valence-corrected chi connectivity index (χ1v) is 42.9. The minimum Gasteiger partial charge on any atom is -0.462 e. The van der Waals surface area contributed by atoms with E-state index in [4.69, 9.17) is 37.0 Å². The summed E-state index contributed by atoms with van der Waals surface area (Å²) < 4.78 is 68.4. The Labute approximate surface area is 592 Å². The van der Waals surface area contributed by atoms with Crippen LogP contribution in [0.3, 0.4) is 0 Å². The van der Waals surface area contributed by atoms with Gasteiger partial charge in [0.2, 0.25) is 0 Å². The predicted molar refractivity (Wildman–Crippen MR) is 395 cm³/mol. The summed E-state index contributed by atoms with van der Waals surface area (Å²) in [5, 5.41) is 10.6. The minimum absolute atomic E-state index is 0.102. The fourth-order valence-corrected chi connectivity index (χ4v) is 13.1. The first kappa shape index (κ1) is 94.5. The lowest BCUT2D eigenvalue weighted by molar-refractivity contribution is -0.161. The summed E-state index contributed by atoms with van der Waals surface area (Å²) in [6.07, 6.45) is 63.5.